The number of aromatic nitrogens is 4. The molecule has 3 heterocycles. The molecule has 26 heavy (non-hydrogen) atoms. The van der Waals surface area contributed by atoms with Gasteiger partial charge >= 0.3 is 0 Å². The lowest BCUT2D eigenvalue weighted by atomic mass is 10.1. The Kier molecular flexibility index (Phi) is 5.21. The van der Waals surface area contributed by atoms with Crippen LogP contribution in [0.2, 0.25) is 0 Å². The molecule has 0 aliphatic carbocycles. The maximum atomic E-state index is 6.08. The number of hydrogen-bond acceptors (Lipinski definition) is 5. The molecule has 3 aromatic rings. The molecular formula is C20H23N5O. The second kappa shape index (κ2) is 8.10. The number of hydrogen-bond donors (Lipinski definition) is 0. The van der Waals surface area contributed by atoms with Crippen LogP contribution in [0.25, 0.3) is 0 Å². The molecule has 4 rings (SSSR count). The topological polar surface area (TPSA) is 56.1 Å². The predicted octanol–water partition coefficient (Wildman–Crippen LogP) is 2.92. The molecule has 1 aromatic carbocycles. The fourth-order valence-electron chi connectivity index (χ4n) is 3.49. The van der Waals surface area contributed by atoms with E-state index >= 15 is 0 Å². The maximum absolute atomic E-state index is 6.08. The zero-order valence-corrected chi connectivity index (χ0v) is 14.7. The molecule has 2 aromatic heterocycles. The summed E-state index contributed by atoms with van der Waals surface area (Å²) in [7, 11) is 0. The van der Waals surface area contributed by atoms with E-state index in [1.807, 2.05) is 35.1 Å². The van der Waals surface area contributed by atoms with Crippen LogP contribution in [0.5, 0.6) is 5.75 Å². The highest BCUT2D eigenvalue weighted by molar-refractivity contribution is 5.33. The molecule has 1 atom stereocenters. The molecule has 6 heteroatoms. The number of rotatable bonds is 7. The van der Waals surface area contributed by atoms with E-state index in [9.17, 15) is 0 Å². The normalized spacial score (nSPS) is 17.5. The summed E-state index contributed by atoms with van der Waals surface area (Å²) in [5, 5.41) is 4.25. The van der Waals surface area contributed by atoms with Crippen LogP contribution in [-0.2, 0) is 19.7 Å². The van der Waals surface area contributed by atoms with Crippen LogP contribution in [0.1, 0.15) is 24.0 Å². The number of likely N-dealkylation sites (tertiary alicyclic amines) is 1. The fourth-order valence-corrected chi connectivity index (χ4v) is 3.49. The second-order valence-electron chi connectivity index (χ2n) is 6.64. The number of nitrogens with zero attached hydrogens (tertiary/aromatic N) is 5. The van der Waals surface area contributed by atoms with E-state index in [2.05, 4.69) is 32.1 Å². The Bertz CT molecular complexity index is 806. The quantitative estimate of drug-likeness (QED) is 0.656. The Morgan fingerprint density at radius 1 is 1.12 bits per heavy atom. The molecule has 0 radical (unpaired) electrons. The summed E-state index contributed by atoms with van der Waals surface area (Å²) in [6.07, 6.45) is 9.43. The Balaban J connectivity index is 1.42. The van der Waals surface area contributed by atoms with Crippen molar-refractivity contribution in [3.8, 4) is 5.75 Å². The molecule has 0 amide bonds. The molecule has 0 spiro atoms. The van der Waals surface area contributed by atoms with Crippen molar-refractivity contribution >= 4 is 0 Å². The lowest BCUT2D eigenvalue weighted by Gasteiger charge is -2.25. The molecular weight excluding hydrogens is 326 g/mol. The fraction of sp³-hybridized carbons (Fsp3) is 0.350. The highest BCUT2D eigenvalue weighted by atomic mass is 16.5. The van der Waals surface area contributed by atoms with Gasteiger partial charge in [-0.3, -0.25) is 14.6 Å². The first-order valence-electron chi connectivity index (χ1n) is 9.04. The lowest BCUT2D eigenvalue weighted by molar-refractivity contribution is 0.213. The van der Waals surface area contributed by atoms with Crippen molar-refractivity contribution < 1.29 is 4.74 Å². The van der Waals surface area contributed by atoms with Crippen LogP contribution in [0, 0.1) is 0 Å². The van der Waals surface area contributed by atoms with Crippen molar-refractivity contribution in [2.45, 2.75) is 38.6 Å². The van der Waals surface area contributed by atoms with Gasteiger partial charge in [-0.2, -0.15) is 5.10 Å². The van der Waals surface area contributed by atoms with Crippen LogP contribution in [0.3, 0.4) is 0 Å². The van der Waals surface area contributed by atoms with Gasteiger partial charge in [0.2, 0.25) is 0 Å². The molecule has 1 aliphatic heterocycles. The van der Waals surface area contributed by atoms with Crippen LogP contribution in [-0.4, -0.2) is 37.2 Å². The van der Waals surface area contributed by atoms with Crippen LogP contribution >= 0.6 is 0 Å². The predicted molar refractivity (Wildman–Crippen MR) is 98.5 cm³/mol. The summed E-state index contributed by atoms with van der Waals surface area (Å²) in [5.41, 5.74) is 2.30. The largest absolute Gasteiger partial charge is 0.489 e. The number of pyridine rings is 1. The van der Waals surface area contributed by atoms with Gasteiger partial charge in [-0.05, 0) is 31.5 Å². The van der Waals surface area contributed by atoms with Gasteiger partial charge < -0.3 is 4.74 Å². The second-order valence-corrected chi connectivity index (χ2v) is 6.64. The van der Waals surface area contributed by atoms with Gasteiger partial charge in [-0.25, -0.2) is 4.98 Å². The highest BCUT2D eigenvalue weighted by Crippen LogP contribution is 2.26. The van der Waals surface area contributed by atoms with Crippen molar-refractivity contribution in [1.29, 1.82) is 0 Å². The van der Waals surface area contributed by atoms with E-state index in [1.54, 1.807) is 18.9 Å². The van der Waals surface area contributed by atoms with E-state index in [0.29, 0.717) is 12.6 Å². The average Bonchev–Trinajstić information content (AvgIpc) is 3.35. The highest BCUT2D eigenvalue weighted by Gasteiger charge is 2.25. The van der Waals surface area contributed by atoms with Gasteiger partial charge in [0.25, 0.3) is 0 Å². The standard InChI is InChI=1S/C20H23N5O/c1-2-8-20(26-14-17-5-3-9-21-11-17)18(6-1)12-24-10-4-7-19(24)13-25-16-22-15-23-25/h1-3,5-6,8-9,11,15-16,19H,4,7,10,12-14H2. The molecule has 134 valence electrons. The third-order valence-electron chi connectivity index (χ3n) is 4.83. The zero-order valence-electron chi connectivity index (χ0n) is 14.7. The molecule has 1 aliphatic rings. The van der Waals surface area contributed by atoms with Crippen molar-refractivity contribution in [1.82, 2.24) is 24.6 Å². The number of benzene rings is 1. The van der Waals surface area contributed by atoms with Gasteiger partial charge in [-0.15, -0.1) is 0 Å². The third kappa shape index (κ3) is 4.08. The Hall–Kier alpha value is -2.73. The molecule has 1 unspecified atom stereocenters. The van der Waals surface area contributed by atoms with Gasteiger partial charge in [0.05, 0.1) is 6.54 Å². The molecule has 6 nitrogen and oxygen atoms in total. The smallest absolute Gasteiger partial charge is 0.137 e. The first-order chi connectivity index (χ1) is 12.9. The summed E-state index contributed by atoms with van der Waals surface area (Å²) in [6.45, 7) is 3.42. The minimum absolute atomic E-state index is 0.489. The summed E-state index contributed by atoms with van der Waals surface area (Å²) < 4.78 is 8.00. The van der Waals surface area contributed by atoms with Crippen molar-refractivity contribution in [3.63, 3.8) is 0 Å². The Labute approximate surface area is 153 Å². The van der Waals surface area contributed by atoms with Gasteiger partial charge in [-0.1, -0.05) is 24.3 Å². The number of para-hydroxylation sites is 1. The zero-order chi connectivity index (χ0) is 17.6. The minimum Gasteiger partial charge on any atom is -0.489 e. The average molecular weight is 349 g/mol. The van der Waals surface area contributed by atoms with Crippen molar-refractivity contribution in [3.05, 3.63) is 72.6 Å². The molecule has 0 N–H and O–H groups in total. The molecule has 0 saturated carbocycles. The van der Waals surface area contributed by atoms with E-state index in [1.165, 1.54) is 18.4 Å². The minimum atomic E-state index is 0.489. The molecule has 1 fully saturated rings. The Morgan fingerprint density at radius 2 is 2.08 bits per heavy atom. The van der Waals surface area contributed by atoms with E-state index in [-0.39, 0.29) is 0 Å². The molecule has 1 saturated heterocycles. The first kappa shape index (κ1) is 16.7. The van der Waals surface area contributed by atoms with Crippen LogP contribution < -0.4 is 4.74 Å². The lowest BCUT2D eigenvalue weighted by Crippen LogP contribution is -2.32. The van der Waals surface area contributed by atoms with E-state index in [4.69, 9.17) is 4.74 Å². The monoisotopic (exact) mass is 349 g/mol. The molecule has 0 bridgehead atoms. The third-order valence-corrected chi connectivity index (χ3v) is 4.83. The van der Waals surface area contributed by atoms with Crippen molar-refractivity contribution in [2.24, 2.45) is 0 Å². The summed E-state index contributed by atoms with van der Waals surface area (Å²) in [6, 6.07) is 12.8. The Morgan fingerprint density at radius 3 is 2.92 bits per heavy atom. The summed E-state index contributed by atoms with van der Waals surface area (Å²) in [5.74, 6) is 0.947. The van der Waals surface area contributed by atoms with Crippen molar-refractivity contribution in [2.75, 3.05) is 6.54 Å². The maximum Gasteiger partial charge on any atom is 0.137 e. The number of ether oxygens (including phenoxy) is 1. The van der Waals surface area contributed by atoms with Gasteiger partial charge in [0.15, 0.2) is 0 Å². The SMILES string of the molecule is c1cncc(COc2ccccc2CN2CCCC2Cn2cncn2)c1. The van der Waals surface area contributed by atoms with E-state index in [0.717, 1.165) is 30.9 Å². The summed E-state index contributed by atoms with van der Waals surface area (Å²) in [4.78, 5) is 10.7. The first-order valence-corrected chi connectivity index (χ1v) is 9.04. The van der Waals surface area contributed by atoms with Gasteiger partial charge in [0.1, 0.15) is 25.0 Å². The van der Waals surface area contributed by atoms with E-state index < -0.39 is 0 Å². The van der Waals surface area contributed by atoms with Crippen LogP contribution in [0.15, 0.2) is 61.4 Å². The van der Waals surface area contributed by atoms with Crippen LogP contribution in [0.4, 0.5) is 0 Å². The summed E-state index contributed by atoms with van der Waals surface area (Å²) >= 11 is 0. The van der Waals surface area contributed by atoms with Gasteiger partial charge in [0, 0.05) is 36.1 Å².